The molecule has 0 bridgehead atoms. The van der Waals surface area contributed by atoms with Crippen molar-refractivity contribution < 1.29 is 19.0 Å². The van der Waals surface area contributed by atoms with Crippen LogP contribution >= 0.6 is 11.8 Å². The highest BCUT2D eigenvalue weighted by molar-refractivity contribution is 7.98. The molecule has 0 N–H and O–H groups in total. The summed E-state index contributed by atoms with van der Waals surface area (Å²) in [7, 11) is 1.61. The number of hydrogen-bond acceptors (Lipinski definition) is 6. The highest BCUT2D eigenvalue weighted by Gasteiger charge is 2.18. The molecular formula is C27H25NO4S. The Morgan fingerprint density at radius 1 is 0.939 bits per heavy atom. The number of carbonyl (C=O) groups excluding carboxylic acids is 1. The minimum atomic E-state index is -0.377. The molecule has 5 nitrogen and oxygen atoms in total. The van der Waals surface area contributed by atoms with Crippen LogP contribution in [0.5, 0.6) is 11.5 Å². The summed E-state index contributed by atoms with van der Waals surface area (Å²) in [5, 5.41) is 0.787. The quantitative estimate of drug-likeness (QED) is 0.216. The lowest BCUT2D eigenvalue weighted by atomic mass is 10.1. The average molecular weight is 460 g/mol. The smallest absolute Gasteiger partial charge is 0.340 e. The van der Waals surface area contributed by atoms with Gasteiger partial charge < -0.3 is 14.2 Å². The van der Waals surface area contributed by atoms with Crippen LogP contribution in [0.15, 0.2) is 83.8 Å². The lowest BCUT2D eigenvalue weighted by Gasteiger charge is -2.14. The second-order valence-corrected chi connectivity index (χ2v) is 8.32. The largest absolute Gasteiger partial charge is 0.493 e. The molecule has 0 spiro atoms. The molecule has 0 aliphatic heterocycles. The number of fused-ring (bicyclic) bond motifs is 1. The Labute approximate surface area is 197 Å². The molecule has 6 heteroatoms. The minimum absolute atomic E-state index is 0.302. The molecule has 1 aromatic heterocycles. The second kappa shape index (κ2) is 10.9. The number of ether oxygens (including phenoxy) is 3. The van der Waals surface area contributed by atoms with Gasteiger partial charge in [0.05, 0.1) is 30.5 Å². The van der Waals surface area contributed by atoms with Gasteiger partial charge in [0.1, 0.15) is 6.61 Å². The van der Waals surface area contributed by atoms with Gasteiger partial charge in [0.2, 0.25) is 0 Å². The van der Waals surface area contributed by atoms with E-state index in [9.17, 15) is 4.79 Å². The van der Waals surface area contributed by atoms with Crippen LogP contribution in [0.1, 0.15) is 28.5 Å². The van der Waals surface area contributed by atoms with Gasteiger partial charge in [-0.2, -0.15) is 0 Å². The van der Waals surface area contributed by atoms with Gasteiger partial charge in [-0.05, 0) is 36.8 Å². The molecule has 0 aliphatic carbocycles. The van der Waals surface area contributed by atoms with E-state index < -0.39 is 0 Å². The van der Waals surface area contributed by atoms with E-state index in [0.717, 1.165) is 21.4 Å². The standard InChI is InChI=1S/C27H25NO4S/c1-3-31-27(29)22-14-20-15-26(32-17-19-10-6-4-7-11-19)25(30-2)16-23(20)28-24(22)18-33-21-12-8-5-9-13-21/h4-16H,3,17-18H2,1-2H3. The van der Waals surface area contributed by atoms with E-state index in [4.69, 9.17) is 19.2 Å². The first kappa shape index (κ1) is 22.7. The molecule has 0 radical (unpaired) electrons. The predicted molar refractivity (Wildman–Crippen MR) is 131 cm³/mol. The summed E-state index contributed by atoms with van der Waals surface area (Å²) in [6, 6.07) is 25.5. The first-order valence-electron chi connectivity index (χ1n) is 10.7. The van der Waals surface area contributed by atoms with Crippen LogP contribution in [0, 0.1) is 0 Å². The van der Waals surface area contributed by atoms with Crippen molar-refractivity contribution in [2.24, 2.45) is 0 Å². The molecule has 1 heterocycles. The van der Waals surface area contributed by atoms with Gasteiger partial charge in [-0.1, -0.05) is 48.5 Å². The van der Waals surface area contributed by atoms with Crippen molar-refractivity contribution in [2.45, 2.75) is 24.2 Å². The molecule has 0 unspecified atom stereocenters. The van der Waals surface area contributed by atoms with E-state index in [-0.39, 0.29) is 5.97 Å². The second-order valence-electron chi connectivity index (χ2n) is 7.27. The zero-order chi connectivity index (χ0) is 23.0. The maximum atomic E-state index is 12.7. The minimum Gasteiger partial charge on any atom is -0.493 e. The van der Waals surface area contributed by atoms with E-state index in [1.165, 1.54) is 0 Å². The third-order valence-electron chi connectivity index (χ3n) is 5.03. The van der Waals surface area contributed by atoms with Gasteiger partial charge in [0.25, 0.3) is 0 Å². The summed E-state index contributed by atoms with van der Waals surface area (Å²) in [5.74, 6) is 1.36. The molecule has 0 atom stereocenters. The predicted octanol–water partition coefficient (Wildman–Crippen LogP) is 6.29. The van der Waals surface area contributed by atoms with Crippen LogP contribution < -0.4 is 9.47 Å². The van der Waals surface area contributed by atoms with Crippen LogP contribution in [0.2, 0.25) is 0 Å². The highest BCUT2D eigenvalue weighted by atomic mass is 32.2. The molecule has 0 aliphatic rings. The van der Waals surface area contributed by atoms with Crippen molar-refractivity contribution in [3.63, 3.8) is 0 Å². The van der Waals surface area contributed by atoms with Gasteiger partial charge in [0.15, 0.2) is 11.5 Å². The lowest BCUT2D eigenvalue weighted by Crippen LogP contribution is -2.10. The number of pyridine rings is 1. The van der Waals surface area contributed by atoms with Gasteiger partial charge in [-0.3, -0.25) is 4.98 Å². The number of aromatic nitrogens is 1. The fraction of sp³-hybridized carbons (Fsp3) is 0.185. The summed E-state index contributed by atoms with van der Waals surface area (Å²) < 4.78 is 16.9. The number of rotatable bonds is 9. The van der Waals surface area contributed by atoms with E-state index in [0.29, 0.717) is 41.7 Å². The number of benzene rings is 3. The first-order valence-corrected chi connectivity index (χ1v) is 11.7. The highest BCUT2D eigenvalue weighted by Crippen LogP contribution is 2.34. The van der Waals surface area contributed by atoms with Crippen molar-refractivity contribution in [1.82, 2.24) is 4.98 Å². The van der Waals surface area contributed by atoms with E-state index in [1.54, 1.807) is 25.8 Å². The molecular weight excluding hydrogens is 434 g/mol. The molecule has 33 heavy (non-hydrogen) atoms. The van der Waals surface area contributed by atoms with Gasteiger partial charge in [0, 0.05) is 22.1 Å². The summed E-state index contributed by atoms with van der Waals surface area (Å²) in [4.78, 5) is 18.6. The zero-order valence-electron chi connectivity index (χ0n) is 18.6. The Kier molecular flexibility index (Phi) is 7.47. The van der Waals surface area contributed by atoms with Crippen LogP contribution in [-0.2, 0) is 17.1 Å². The Morgan fingerprint density at radius 3 is 2.36 bits per heavy atom. The van der Waals surface area contributed by atoms with Gasteiger partial charge in [-0.15, -0.1) is 11.8 Å². The number of methoxy groups -OCH3 is 1. The molecule has 4 rings (SSSR count). The van der Waals surface area contributed by atoms with Gasteiger partial charge >= 0.3 is 5.97 Å². The third kappa shape index (κ3) is 5.65. The third-order valence-corrected chi connectivity index (χ3v) is 6.05. The molecule has 0 saturated carbocycles. The number of carbonyl (C=O) groups is 1. The normalized spacial score (nSPS) is 10.7. The van der Waals surface area contributed by atoms with Crippen molar-refractivity contribution >= 4 is 28.6 Å². The zero-order valence-corrected chi connectivity index (χ0v) is 19.4. The number of nitrogens with zero attached hydrogens (tertiary/aromatic N) is 1. The maximum Gasteiger partial charge on any atom is 0.340 e. The van der Waals surface area contributed by atoms with Crippen LogP contribution in [0.3, 0.4) is 0 Å². The molecule has 0 amide bonds. The Morgan fingerprint density at radius 2 is 1.67 bits per heavy atom. The van der Waals surface area contributed by atoms with E-state index >= 15 is 0 Å². The lowest BCUT2D eigenvalue weighted by molar-refractivity contribution is 0.0525. The summed E-state index contributed by atoms with van der Waals surface area (Å²) in [6.07, 6.45) is 0. The monoisotopic (exact) mass is 459 g/mol. The molecule has 4 aromatic rings. The Bertz CT molecular complexity index is 1230. The van der Waals surface area contributed by atoms with Gasteiger partial charge in [-0.25, -0.2) is 4.79 Å². The molecule has 3 aromatic carbocycles. The molecule has 168 valence electrons. The first-order chi connectivity index (χ1) is 16.2. The molecule has 0 fully saturated rings. The van der Waals surface area contributed by atoms with Crippen molar-refractivity contribution in [1.29, 1.82) is 0 Å². The number of thioether (sulfide) groups is 1. The van der Waals surface area contributed by atoms with Crippen molar-refractivity contribution in [3.8, 4) is 11.5 Å². The topological polar surface area (TPSA) is 57.7 Å². The van der Waals surface area contributed by atoms with Crippen molar-refractivity contribution in [3.05, 3.63) is 95.7 Å². The Hall–Kier alpha value is -3.51. The fourth-order valence-corrected chi connectivity index (χ4v) is 4.27. The van der Waals surface area contributed by atoms with Crippen molar-refractivity contribution in [2.75, 3.05) is 13.7 Å². The maximum absolute atomic E-state index is 12.7. The average Bonchev–Trinajstić information content (AvgIpc) is 2.86. The van der Waals surface area contributed by atoms with E-state index in [1.807, 2.05) is 78.9 Å². The Balaban J connectivity index is 1.68. The van der Waals surface area contributed by atoms with E-state index in [2.05, 4.69) is 0 Å². The molecule has 0 saturated heterocycles. The fourth-order valence-electron chi connectivity index (χ4n) is 3.39. The SMILES string of the molecule is CCOC(=O)c1cc2cc(OCc3ccccc3)c(OC)cc2nc1CSc1ccccc1. The number of hydrogen-bond donors (Lipinski definition) is 0. The summed E-state index contributed by atoms with van der Waals surface area (Å²) >= 11 is 1.62. The summed E-state index contributed by atoms with van der Waals surface area (Å²) in [5.41, 5.74) is 2.93. The van der Waals surface area contributed by atoms with Crippen LogP contribution in [-0.4, -0.2) is 24.7 Å². The number of esters is 1. The van der Waals surface area contributed by atoms with Crippen LogP contribution in [0.25, 0.3) is 10.9 Å². The van der Waals surface area contributed by atoms with Crippen LogP contribution in [0.4, 0.5) is 0 Å². The summed E-state index contributed by atoms with van der Waals surface area (Å²) in [6.45, 7) is 2.51.